The van der Waals surface area contributed by atoms with Gasteiger partial charge in [0.15, 0.2) is 0 Å². The number of benzene rings is 2. The number of aliphatic hydroxyl groups is 1. The van der Waals surface area contributed by atoms with Gasteiger partial charge in [-0.3, -0.25) is 4.79 Å². The second kappa shape index (κ2) is 7.06. The van der Waals surface area contributed by atoms with E-state index in [9.17, 15) is 9.18 Å². The Morgan fingerprint density at radius 2 is 2.00 bits per heavy atom. The number of nitrogens with one attached hydrogen (secondary N) is 2. The molecule has 110 valence electrons. The highest BCUT2D eigenvalue weighted by Crippen LogP contribution is 2.19. The molecule has 0 aliphatic heterocycles. The van der Waals surface area contributed by atoms with Gasteiger partial charge in [-0.2, -0.15) is 0 Å². The number of carbonyl (C=O) groups excluding carboxylic acids is 1. The lowest BCUT2D eigenvalue weighted by atomic mass is 10.2. The van der Waals surface area contributed by atoms with Crippen molar-refractivity contribution in [2.75, 3.05) is 17.2 Å². The van der Waals surface area contributed by atoms with Crippen LogP contribution in [0, 0.1) is 5.82 Å². The van der Waals surface area contributed by atoms with Gasteiger partial charge >= 0.3 is 0 Å². The lowest BCUT2D eigenvalue weighted by Crippen LogP contribution is -2.21. The fourth-order valence-corrected chi connectivity index (χ4v) is 1.92. The zero-order valence-electron chi connectivity index (χ0n) is 11.1. The first kappa shape index (κ1) is 15.3. The number of amides is 1. The number of anilines is 2. The predicted molar refractivity (Wildman–Crippen MR) is 80.9 cm³/mol. The fraction of sp³-hybridized carbons (Fsp3) is 0.133. The van der Waals surface area contributed by atoms with Crippen LogP contribution >= 0.6 is 11.6 Å². The minimum Gasteiger partial charge on any atom is -0.392 e. The number of halogens is 2. The monoisotopic (exact) mass is 308 g/mol. The van der Waals surface area contributed by atoms with Crippen LogP contribution in [0.15, 0.2) is 42.5 Å². The third-order valence-corrected chi connectivity index (χ3v) is 3.06. The highest BCUT2D eigenvalue weighted by atomic mass is 35.5. The quantitative estimate of drug-likeness (QED) is 0.795. The molecule has 2 rings (SSSR count). The summed E-state index contributed by atoms with van der Waals surface area (Å²) in [4.78, 5) is 11.8. The van der Waals surface area contributed by atoms with Crippen LogP contribution in [0.4, 0.5) is 15.8 Å². The van der Waals surface area contributed by atoms with E-state index in [0.717, 1.165) is 11.3 Å². The summed E-state index contributed by atoms with van der Waals surface area (Å²) in [5, 5.41) is 14.5. The molecule has 21 heavy (non-hydrogen) atoms. The van der Waals surface area contributed by atoms with Gasteiger partial charge in [-0.1, -0.05) is 23.7 Å². The van der Waals surface area contributed by atoms with Crippen LogP contribution < -0.4 is 10.6 Å². The summed E-state index contributed by atoms with van der Waals surface area (Å²) in [6.45, 7) is -0.0142. The molecule has 0 radical (unpaired) electrons. The van der Waals surface area contributed by atoms with Crippen molar-refractivity contribution in [1.82, 2.24) is 0 Å². The maximum Gasteiger partial charge on any atom is 0.243 e. The molecule has 0 saturated heterocycles. The molecular weight excluding hydrogens is 295 g/mol. The topological polar surface area (TPSA) is 61.4 Å². The summed E-state index contributed by atoms with van der Waals surface area (Å²) >= 11 is 5.64. The van der Waals surface area contributed by atoms with E-state index in [2.05, 4.69) is 10.6 Å². The third kappa shape index (κ3) is 4.44. The molecule has 3 N–H and O–H groups in total. The predicted octanol–water partition coefficient (Wildman–Crippen LogP) is 3.02. The van der Waals surface area contributed by atoms with Gasteiger partial charge in [0, 0.05) is 11.4 Å². The Balaban J connectivity index is 1.91. The van der Waals surface area contributed by atoms with E-state index in [1.54, 1.807) is 24.3 Å². The molecule has 0 spiro atoms. The van der Waals surface area contributed by atoms with Gasteiger partial charge in [0.05, 0.1) is 18.2 Å². The maximum absolute atomic E-state index is 13.0. The SMILES string of the molecule is O=C(CNc1cccc(CO)c1)Nc1ccc(F)c(Cl)c1. The molecule has 2 aromatic rings. The minimum absolute atomic E-state index is 0.0450. The number of hydrogen-bond donors (Lipinski definition) is 3. The smallest absolute Gasteiger partial charge is 0.243 e. The van der Waals surface area contributed by atoms with Crippen LogP contribution in [0.2, 0.25) is 5.02 Å². The van der Waals surface area contributed by atoms with Crippen LogP contribution in [0.5, 0.6) is 0 Å². The summed E-state index contributed by atoms with van der Waals surface area (Å²) in [6.07, 6.45) is 0. The van der Waals surface area contributed by atoms with Crippen molar-refractivity contribution < 1.29 is 14.3 Å². The highest BCUT2D eigenvalue weighted by Gasteiger charge is 2.05. The maximum atomic E-state index is 13.0. The molecule has 2 aromatic carbocycles. The van der Waals surface area contributed by atoms with Gasteiger partial charge in [-0.15, -0.1) is 0 Å². The van der Waals surface area contributed by atoms with E-state index in [1.165, 1.54) is 18.2 Å². The molecule has 0 saturated carbocycles. The van der Waals surface area contributed by atoms with Crippen molar-refractivity contribution in [3.05, 3.63) is 58.9 Å². The van der Waals surface area contributed by atoms with Crippen molar-refractivity contribution >= 4 is 28.9 Å². The van der Waals surface area contributed by atoms with E-state index in [1.807, 2.05) is 0 Å². The Kier molecular flexibility index (Phi) is 5.14. The molecule has 0 bridgehead atoms. The summed E-state index contributed by atoms with van der Waals surface area (Å²) in [7, 11) is 0. The molecule has 0 atom stereocenters. The van der Waals surface area contributed by atoms with Crippen LogP contribution in [0.1, 0.15) is 5.56 Å². The molecule has 0 fully saturated rings. The average Bonchev–Trinajstić information content (AvgIpc) is 2.49. The first-order chi connectivity index (χ1) is 10.1. The van der Waals surface area contributed by atoms with E-state index < -0.39 is 5.82 Å². The van der Waals surface area contributed by atoms with Crippen LogP contribution in [-0.2, 0) is 11.4 Å². The van der Waals surface area contributed by atoms with Gasteiger partial charge in [0.1, 0.15) is 5.82 Å². The van der Waals surface area contributed by atoms with E-state index in [0.29, 0.717) is 5.69 Å². The first-order valence-electron chi connectivity index (χ1n) is 6.27. The number of carbonyl (C=O) groups is 1. The van der Waals surface area contributed by atoms with Gasteiger partial charge in [-0.25, -0.2) is 4.39 Å². The Hall–Kier alpha value is -2.11. The fourth-order valence-electron chi connectivity index (χ4n) is 1.74. The molecule has 6 heteroatoms. The molecule has 0 aromatic heterocycles. The van der Waals surface area contributed by atoms with E-state index in [4.69, 9.17) is 16.7 Å². The molecule has 0 heterocycles. The largest absolute Gasteiger partial charge is 0.392 e. The Morgan fingerprint density at radius 1 is 1.19 bits per heavy atom. The normalized spacial score (nSPS) is 10.2. The molecular formula is C15H14ClFN2O2. The lowest BCUT2D eigenvalue weighted by Gasteiger charge is -2.09. The van der Waals surface area contributed by atoms with Gasteiger partial charge < -0.3 is 15.7 Å². The van der Waals surface area contributed by atoms with Crippen molar-refractivity contribution in [3.63, 3.8) is 0 Å². The standard InChI is InChI=1S/C15H14ClFN2O2/c16-13-7-12(4-5-14(13)17)19-15(21)8-18-11-3-1-2-10(6-11)9-20/h1-7,18,20H,8-9H2,(H,19,21). The Bertz CT molecular complexity index is 649. The van der Waals surface area contributed by atoms with Gasteiger partial charge in [0.2, 0.25) is 5.91 Å². The Labute approximate surface area is 126 Å². The van der Waals surface area contributed by atoms with Crippen molar-refractivity contribution in [2.45, 2.75) is 6.61 Å². The van der Waals surface area contributed by atoms with Crippen LogP contribution in [0.25, 0.3) is 0 Å². The number of hydrogen-bond acceptors (Lipinski definition) is 3. The van der Waals surface area contributed by atoms with E-state index >= 15 is 0 Å². The third-order valence-electron chi connectivity index (χ3n) is 2.77. The molecule has 1 amide bonds. The van der Waals surface area contributed by atoms with E-state index in [-0.39, 0.29) is 24.1 Å². The lowest BCUT2D eigenvalue weighted by molar-refractivity contribution is -0.114. The van der Waals surface area contributed by atoms with Crippen LogP contribution in [-0.4, -0.2) is 17.6 Å². The summed E-state index contributed by atoms with van der Waals surface area (Å²) < 4.78 is 13.0. The summed E-state index contributed by atoms with van der Waals surface area (Å²) in [5.74, 6) is -0.819. The summed E-state index contributed by atoms with van der Waals surface area (Å²) in [5.41, 5.74) is 1.91. The number of aliphatic hydroxyl groups excluding tert-OH is 1. The second-order valence-corrected chi connectivity index (χ2v) is 4.80. The molecule has 0 aliphatic rings. The van der Waals surface area contributed by atoms with Crippen molar-refractivity contribution in [3.8, 4) is 0 Å². The Morgan fingerprint density at radius 3 is 2.71 bits per heavy atom. The number of rotatable bonds is 5. The van der Waals surface area contributed by atoms with Gasteiger partial charge in [-0.05, 0) is 35.9 Å². The average molecular weight is 309 g/mol. The van der Waals surface area contributed by atoms with Crippen molar-refractivity contribution in [1.29, 1.82) is 0 Å². The summed E-state index contributed by atoms with van der Waals surface area (Å²) in [6, 6.07) is 11.1. The molecule has 4 nitrogen and oxygen atoms in total. The minimum atomic E-state index is -0.534. The van der Waals surface area contributed by atoms with Crippen molar-refractivity contribution in [2.24, 2.45) is 0 Å². The zero-order valence-corrected chi connectivity index (χ0v) is 11.8. The second-order valence-electron chi connectivity index (χ2n) is 4.39. The zero-order chi connectivity index (χ0) is 15.2. The van der Waals surface area contributed by atoms with Crippen LogP contribution in [0.3, 0.4) is 0 Å². The molecule has 0 aliphatic carbocycles. The highest BCUT2D eigenvalue weighted by molar-refractivity contribution is 6.31. The first-order valence-corrected chi connectivity index (χ1v) is 6.65. The van der Waals surface area contributed by atoms with Gasteiger partial charge in [0.25, 0.3) is 0 Å². The molecule has 0 unspecified atom stereocenters.